The van der Waals surface area contributed by atoms with Gasteiger partial charge in [0.25, 0.3) is 0 Å². The number of likely N-dealkylation sites (tertiary alicyclic amines) is 1. The zero-order valence-electron chi connectivity index (χ0n) is 12.6. The minimum atomic E-state index is -0.369. The van der Waals surface area contributed by atoms with Gasteiger partial charge in [0.15, 0.2) is 5.66 Å². The van der Waals surface area contributed by atoms with E-state index in [0.29, 0.717) is 19.3 Å². The van der Waals surface area contributed by atoms with Crippen molar-refractivity contribution in [1.82, 2.24) is 9.88 Å². The van der Waals surface area contributed by atoms with Crippen LogP contribution in [-0.4, -0.2) is 28.0 Å². The Balaban J connectivity index is 1.57. The molecule has 0 aliphatic carbocycles. The average molecular weight is 296 g/mol. The first kappa shape index (κ1) is 14.7. The second kappa shape index (κ2) is 6.27. The van der Waals surface area contributed by atoms with Crippen LogP contribution in [0.2, 0.25) is 0 Å². The molecule has 0 radical (unpaired) electrons. The Morgan fingerprint density at radius 2 is 2.32 bits per heavy atom. The Bertz CT molecular complexity index is 599. The molecule has 1 unspecified atom stereocenters. The summed E-state index contributed by atoms with van der Waals surface area (Å²) in [6.07, 6.45) is 13.5. The van der Waals surface area contributed by atoms with Gasteiger partial charge in [0.05, 0.1) is 6.04 Å². The van der Waals surface area contributed by atoms with Crippen molar-refractivity contribution in [2.75, 3.05) is 6.54 Å². The Hall–Kier alpha value is -2.22. The number of nitrogens with zero attached hydrogens (tertiary/aromatic N) is 4. The molecule has 1 aromatic heterocycles. The molecular formula is C17H20N4O. The van der Waals surface area contributed by atoms with Crippen LogP contribution in [0.15, 0.2) is 34.8 Å². The molecule has 1 aromatic rings. The zero-order valence-corrected chi connectivity index (χ0v) is 12.6. The number of aromatic nitrogens is 1. The topological polar surface area (TPSA) is 57.9 Å². The van der Waals surface area contributed by atoms with Crippen molar-refractivity contribution in [2.45, 2.75) is 50.2 Å². The van der Waals surface area contributed by atoms with Gasteiger partial charge in [0.2, 0.25) is 5.91 Å². The lowest BCUT2D eigenvalue weighted by atomic mass is 10.0. The fourth-order valence-corrected chi connectivity index (χ4v) is 3.10. The van der Waals surface area contributed by atoms with Crippen molar-refractivity contribution in [3.05, 3.63) is 30.1 Å². The molecule has 1 saturated heterocycles. The highest BCUT2D eigenvalue weighted by atomic mass is 16.2. The quantitative estimate of drug-likeness (QED) is 0.757. The van der Waals surface area contributed by atoms with E-state index >= 15 is 0 Å². The van der Waals surface area contributed by atoms with Gasteiger partial charge in [-0.15, -0.1) is 12.3 Å². The number of carbonyl (C=O) groups is 1. The van der Waals surface area contributed by atoms with Gasteiger partial charge in [-0.05, 0) is 24.5 Å². The highest BCUT2D eigenvalue weighted by Crippen LogP contribution is 2.39. The van der Waals surface area contributed by atoms with Gasteiger partial charge in [0, 0.05) is 44.6 Å². The van der Waals surface area contributed by atoms with Crippen molar-refractivity contribution in [3.63, 3.8) is 0 Å². The third-order valence-electron chi connectivity index (χ3n) is 4.43. The van der Waals surface area contributed by atoms with E-state index in [2.05, 4.69) is 21.1 Å². The summed E-state index contributed by atoms with van der Waals surface area (Å²) >= 11 is 0. The van der Waals surface area contributed by atoms with Crippen LogP contribution >= 0.6 is 0 Å². The summed E-state index contributed by atoms with van der Waals surface area (Å²) in [5.74, 6) is 2.80. The number of pyridine rings is 1. The average Bonchev–Trinajstić information content (AvgIpc) is 3.16. The fraction of sp³-hybridized carbons (Fsp3) is 0.529. The van der Waals surface area contributed by atoms with Crippen LogP contribution in [-0.2, 0) is 4.79 Å². The molecule has 2 aliphatic rings. The summed E-state index contributed by atoms with van der Waals surface area (Å²) in [6, 6.07) is 4.13. The molecule has 1 fully saturated rings. The zero-order chi connectivity index (χ0) is 15.4. The standard InChI is InChI=1S/C17H20N4O/c1-2-3-9-17(19-20-17)10-8-16(22)21-12-5-7-15(21)14-6-4-11-18-13-14/h1,4,6,11,13,15H,3,5,7-10,12H2. The number of hydrogen-bond donors (Lipinski definition) is 0. The van der Waals surface area contributed by atoms with Crippen molar-refractivity contribution < 1.29 is 4.79 Å². The molecule has 5 heteroatoms. The molecule has 0 spiro atoms. The van der Waals surface area contributed by atoms with E-state index in [1.807, 2.05) is 23.2 Å². The first-order valence-electron chi connectivity index (χ1n) is 7.81. The van der Waals surface area contributed by atoms with Gasteiger partial charge in [-0.25, -0.2) is 0 Å². The molecule has 0 aromatic carbocycles. The Morgan fingerprint density at radius 3 is 3.00 bits per heavy atom. The maximum absolute atomic E-state index is 12.6. The molecule has 114 valence electrons. The fourth-order valence-electron chi connectivity index (χ4n) is 3.10. The van der Waals surface area contributed by atoms with Crippen LogP contribution in [0.4, 0.5) is 0 Å². The Morgan fingerprint density at radius 1 is 1.45 bits per heavy atom. The molecule has 0 N–H and O–H groups in total. The lowest BCUT2D eigenvalue weighted by Gasteiger charge is -2.25. The second-order valence-corrected chi connectivity index (χ2v) is 5.92. The van der Waals surface area contributed by atoms with E-state index in [-0.39, 0.29) is 17.6 Å². The number of hydrogen-bond acceptors (Lipinski definition) is 4. The minimum Gasteiger partial charge on any atom is -0.336 e. The number of rotatable bonds is 6. The molecule has 0 bridgehead atoms. The van der Waals surface area contributed by atoms with Gasteiger partial charge in [-0.3, -0.25) is 9.78 Å². The molecule has 22 heavy (non-hydrogen) atoms. The molecule has 1 amide bonds. The molecule has 1 atom stereocenters. The maximum Gasteiger partial charge on any atom is 0.223 e. The first-order chi connectivity index (χ1) is 10.7. The van der Waals surface area contributed by atoms with E-state index in [1.54, 1.807) is 6.20 Å². The third-order valence-corrected chi connectivity index (χ3v) is 4.43. The maximum atomic E-state index is 12.6. The van der Waals surface area contributed by atoms with E-state index in [1.165, 1.54) is 0 Å². The lowest BCUT2D eigenvalue weighted by Crippen LogP contribution is -2.31. The molecule has 2 aliphatic heterocycles. The molecule has 3 rings (SSSR count). The monoisotopic (exact) mass is 296 g/mol. The first-order valence-corrected chi connectivity index (χ1v) is 7.81. The lowest BCUT2D eigenvalue weighted by molar-refractivity contribution is -0.132. The smallest absolute Gasteiger partial charge is 0.223 e. The molecule has 5 nitrogen and oxygen atoms in total. The summed E-state index contributed by atoms with van der Waals surface area (Å²) in [5.41, 5.74) is 0.752. The number of amides is 1. The van der Waals surface area contributed by atoms with Crippen molar-refractivity contribution >= 4 is 5.91 Å². The van der Waals surface area contributed by atoms with Crippen molar-refractivity contribution in [3.8, 4) is 12.3 Å². The van der Waals surface area contributed by atoms with Crippen molar-refractivity contribution in [1.29, 1.82) is 0 Å². The van der Waals surface area contributed by atoms with Crippen LogP contribution < -0.4 is 0 Å². The molecular weight excluding hydrogens is 276 g/mol. The predicted molar refractivity (Wildman–Crippen MR) is 82.8 cm³/mol. The summed E-state index contributed by atoms with van der Waals surface area (Å²) in [4.78, 5) is 18.7. The SMILES string of the molecule is C#CCCC1(CCC(=O)N2CCCC2c2cccnc2)N=N1. The summed E-state index contributed by atoms with van der Waals surface area (Å²) < 4.78 is 0. The summed E-state index contributed by atoms with van der Waals surface area (Å²) in [7, 11) is 0. The van der Waals surface area contributed by atoms with E-state index in [4.69, 9.17) is 6.42 Å². The molecule has 3 heterocycles. The van der Waals surface area contributed by atoms with Gasteiger partial charge >= 0.3 is 0 Å². The van der Waals surface area contributed by atoms with Gasteiger partial charge in [-0.1, -0.05) is 6.07 Å². The van der Waals surface area contributed by atoms with Crippen LogP contribution in [0.25, 0.3) is 0 Å². The van der Waals surface area contributed by atoms with E-state index in [9.17, 15) is 4.79 Å². The highest BCUT2D eigenvalue weighted by molar-refractivity contribution is 5.77. The third kappa shape index (κ3) is 3.16. The predicted octanol–water partition coefficient (Wildman–Crippen LogP) is 3.10. The van der Waals surface area contributed by atoms with Crippen LogP contribution in [0.5, 0.6) is 0 Å². The van der Waals surface area contributed by atoms with E-state index < -0.39 is 0 Å². The Kier molecular flexibility index (Phi) is 4.19. The van der Waals surface area contributed by atoms with Gasteiger partial charge < -0.3 is 4.90 Å². The Labute approximate surface area is 130 Å². The van der Waals surface area contributed by atoms with Gasteiger partial charge in [0.1, 0.15) is 0 Å². The van der Waals surface area contributed by atoms with Crippen LogP contribution in [0.1, 0.15) is 50.1 Å². The van der Waals surface area contributed by atoms with Crippen LogP contribution in [0, 0.1) is 12.3 Å². The largest absolute Gasteiger partial charge is 0.336 e. The normalized spacial score (nSPS) is 21.6. The molecule has 0 saturated carbocycles. The van der Waals surface area contributed by atoms with E-state index in [0.717, 1.165) is 31.4 Å². The van der Waals surface area contributed by atoms with Crippen LogP contribution in [0.3, 0.4) is 0 Å². The highest BCUT2D eigenvalue weighted by Gasteiger charge is 2.40. The minimum absolute atomic E-state index is 0.163. The number of terminal acetylenes is 1. The summed E-state index contributed by atoms with van der Waals surface area (Å²) in [5, 5.41) is 8.19. The van der Waals surface area contributed by atoms with Crippen molar-refractivity contribution in [2.24, 2.45) is 10.2 Å². The number of carbonyl (C=O) groups excluding carboxylic acids is 1. The summed E-state index contributed by atoms with van der Waals surface area (Å²) in [6.45, 7) is 0.823. The second-order valence-electron chi connectivity index (χ2n) is 5.92. The van der Waals surface area contributed by atoms with Gasteiger partial charge in [-0.2, -0.15) is 10.2 Å².